The molecule has 1 aliphatic heterocycles. The van der Waals surface area contributed by atoms with Crippen LogP contribution in [0.3, 0.4) is 0 Å². The fourth-order valence-corrected chi connectivity index (χ4v) is 1.52. The SMILES string of the molecule is CC(C)C(=O)NNC(=O)c1ccc2c(c1)OCCO2. The zero-order chi connectivity index (χ0) is 13.8. The number of amides is 2. The molecule has 0 atom stereocenters. The smallest absolute Gasteiger partial charge is 0.269 e. The van der Waals surface area contributed by atoms with Crippen molar-refractivity contribution in [2.45, 2.75) is 13.8 Å². The Morgan fingerprint density at radius 3 is 2.47 bits per heavy atom. The van der Waals surface area contributed by atoms with Crippen molar-refractivity contribution in [2.75, 3.05) is 13.2 Å². The van der Waals surface area contributed by atoms with Gasteiger partial charge in [-0.15, -0.1) is 0 Å². The maximum absolute atomic E-state index is 11.8. The summed E-state index contributed by atoms with van der Waals surface area (Å²) in [7, 11) is 0. The summed E-state index contributed by atoms with van der Waals surface area (Å²) in [6.45, 7) is 4.45. The molecule has 1 heterocycles. The number of hydrazine groups is 1. The fraction of sp³-hybridized carbons (Fsp3) is 0.385. The van der Waals surface area contributed by atoms with E-state index in [4.69, 9.17) is 9.47 Å². The van der Waals surface area contributed by atoms with Crippen molar-refractivity contribution in [3.8, 4) is 11.5 Å². The maximum atomic E-state index is 11.8. The molecule has 1 aliphatic rings. The van der Waals surface area contributed by atoms with Crippen LogP contribution < -0.4 is 20.3 Å². The molecule has 0 spiro atoms. The Labute approximate surface area is 111 Å². The molecular formula is C13H16N2O4. The zero-order valence-electron chi connectivity index (χ0n) is 10.9. The lowest BCUT2D eigenvalue weighted by atomic mass is 10.2. The van der Waals surface area contributed by atoms with Crippen LogP contribution in [0.5, 0.6) is 11.5 Å². The van der Waals surface area contributed by atoms with Gasteiger partial charge in [-0.2, -0.15) is 0 Å². The topological polar surface area (TPSA) is 76.7 Å². The molecule has 0 bridgehead atoms. The largest absolute Gasteiger partial charge is 0.486 e. The summed E-state index contributed by atoms with van der Waals surface area (Å²) in [5, 5.41) is 0. The fourth-order valence-electron chi connectivity index (χ4n) is 1.52. The summed E-state index contributed by atoms with van der Waals surface area (Å²) in [5.74, 6) is 0.320. The van der Waals surface area contributed by atoms with Crippen LogP contribution in [-0.2, 0) is 4.79 Å². The molecule has 0 unspecified atom stereocenters. The molecule has 102 valence electrons. The molecule has 0 saturated carbocycles. The van der Waals surface area contributed by atoms with Crippen molar-refractivity contribution >= 4 is 11.8 Å². The summed E-state index contributed by atoms with van der Waals surface area (Å²) in [6.07, 6.45) is 0. The van der Waals surface area contributed by atoms with Crippen LogP contribution in [0.4, 0.5) is 0 Å². The molecule has 2 N–H and O–H groups in total. The Morgan fingerprint density at radius 1 is 1.11 bits per heavy atom. The summed E-state index contributed by atoms with van der Waals surface area (Å²) in [4.78, 5) is 23.2. The van der Waals surface area contributed by atoms with Gasteiger partial charge in [0.25, 0.3) is 5.91 Å². The Hall–Kier alpha value is -2.24. The van der Waals surface area contributed by atoms with Crippen LogP contribution in [0.2, 0.25) is 0 Å². The highest BCUT2D eigenvalue weighted by atomic mass is 16.6. The van der Waals surface area contributed by atoms with Gasteiger partial charge in [0.05, 0.1) is 0 Å². The van der Waals surface area contributed by atoms with Crippen molar-refractivity contribution in [1.82, 2.24) is 10.9 Å². The number of rotatable bonds is 2. The first kappa shape index (κ1) is 13.2. The summed E-state index contributed by atoms with van der Waals surface area (Å²) >= 11 is 0. The van der Waals surface area contributed by atoms with E-state index in [1.54, 1.807) is 32.0 Å². The Balaban J connectivity index is 2.01. The van der Waals surface area contributed by atoms with Crippen molar-refractivity contribution in [3.05, 3.63) is 23.8 Å². The number of benzene rings is 1. The third kappa shape index (κ3) is 3.15. The predicted molar refractivity (Wildman–Crippen MR) is 67.9 cm³/mol. The van der Waals surface area contributed by atoms with Crippen LogP contribution in [0, 0.1) is 5.92 Å². The maximum Gasteiger partial charge on any atom is 0.269 e. The zero-order valence-corrected chi connectivity index (χ0v) is 10.9. The average molecular weight is 264 g/mol. The van der Waals surface area contributed by atoms with Gasteiger partial charge in [-0.1, -0.05) is 13.8 Å². The first-order valence-electron chi connectivity index (χ1n) is 6.08. The van der Waals surface area contributed by atoms with Gasteiger partial charge in [0.15, 0.2) is 11.5 Å². The lowest BCUT2D eigenvalue weighted by Crippen LogP contribution is -2.43. The lowest BCUT2D eigenvalue weighted by Gasteiger charge is -2.18. The Bertz CT molecular complexity index is 499. The van der Waals surface area contributed by atoms with E-state index in [2.05, 4.69) is 10.9 Å². The highest BCUT2D eigenvalue weighted by molar-refractivity contribution is 5.96. The van der Waals surface area contributed by atoms with Crippen LogP contribution in [0.1, 0.15) is 24.2 Å². The van der Waals surface area contributed by atoms with E-state index in [0.717, 1.165) is 0 Å². The van der Waals surface area contributed by atoms with Gasteiger partial charge in [-0.25, -0.2) is 0 Å². The summed E-state index contributed by atoms with van der Waals surface area (Å²) in [6, 6.07) is 4.88. The number of hydrogen-bond acceptors (Lipinski definition) is 4. The van der Waals surface area contributed by atoms with Gasteiger partial charge >= 0.3 is 0 Å². The van der Waals surface area contributed by atoms with E-state index < -0.39 is 5.91 Å². The number of ether oxygens (including phenoxy) is 2. The number of carbonyl (C=O) groups is 2. The number of nitrogens with one attached hydrogen (secondary N) is 2. The minimum atomic E-state index is -0.397. The Morgan fingerprint density at radius 2 is 1.79 bits per heavy atom. The normalized spacial score (nSPS) is 13.0. The molecule has 0 saturated heterocycles. The second-order valence-electron chi connectivity index (χ2n) is 4.46. The lowest BCUT2D eigenvalue weighted by molar-refractivity contribution is -0.124. The first-order chi connectivity index (χ1) is 9.08. The second-order valence-corrected chi connectivity index (χ2v) is 4.46. The van der Waals surface area contributed by atoms with E-state index in [-0.39, 0.29) is 11.8 Å². The molecule has 2 rings (SSSR count). The van der Waals surface area contributed by atoms with E-state index >= 15 is 0 Å². The van der Waals surface area contributed by atoms with Crippen LogP contribution in [-0.4, -0.2) is 25.0 Å². The van der Waals surface area contributed by atoms with Crippen LogP contribution in [0.15, 0.2) is 18.2 Å². The first-order valence-corrected chi connectivity index (χ1v) is 6.08. The number of carbonyl (C=O) groups excluding carboxylic acids is 2. The molecule has 1 aromatic carbocycles. The average Bonchev–Trinajstić information content (AvgIpc) is 2.43. The van der Waals surface area contributed by atoms with E-state index in [1.165, 1.54) is 0 Å². The molecule has 0 fully saturated rings. The molecule has 6 nitrogen and oxygen atoms in total. The molecule has 2 amide bonds. The summed E-state index contributed by atoms with van der Waals surface area (Å²) < 4.78 is 10.7. The number of fused-ring (bicyclic) bond motifs is 1. The monoisotopic (exact) mass is 264 g/mol. The van der Waals surface area contributed by atoms with Gasteiger partial charge in [0, 0.05) is 11.5 Å². The molecule has 0 aromatic heterocycles. The third-order valence-electron chi connectivity index (χ3n) is 2.63. The quantitative estimate of drug-likeness (QED) is 0.777. The van der Waals surface area contributed by atoms with Gasteiger partial charge in [0.2, 0.25) is 5.91 Å². The second kappa shape index (κ2) is 5.60. The van der Waals surface area contributed by atoms with E-state index in [1.807, 2.05) is 0 Å². The minimum Gasteiger partial charge on any atom is -0.486 e. The third-order valence-corrected chi connectivity index (χ3v) is 2.63. The molecule has 0 aliphatic carbocycles. The molecule has 6 heteroatoms. The standard InChI is InChI=1S/C13H16N2O4/c1-8(2)12(16)14-15-13(17)9-3-4-10-11(7-9)19-6-5-18-10/h3-4,7-8H,5-6H2,1-2H3,(H,14,16)(H,15,17). The van der Waals surface area contributed by atoms with Crippen LogP contribution in [0.25, 0.3) is 0 Å². The van der Waals surface area contributed by atoms with Crippen LogP contribution >= 0.6 is 0 Å². The molecule has 1 aromatic rings. The van der Waals surface area contributed by atoms with Gasteiger partial charge < -0.3 is 9.47 Å². The molecular weight excluding hydrogens is 248 g/mol. The van der Waals surface area contributed by atoms with E-state index in [9.17, 15) is 9.59 Å². The van der Waals surface area contributed by atoms with Crippen molar-refractivity contribution < 1.29 is 19.1 Å². The minimum absolute atomic E-state index is 0.194. The number of hydrogen-bond donors (Lipinski definition) is 2. The van der Waals surface area contributed by atoms with Crippen molar-refractivity contribution in [2.24, 2.45) is 5.92 Å². The van der Waals surface area contributed by atoms with Crippen molar-refractivity contribution in [3.63, 3.8) is 0 Å². The molecule has 19 heavy (non-hydrogen) atoms. The van der Waals surface area contributed by atoms with Gasteiger partial charge in [-0.05, 0) is 18.2 Å². The van der Waals surface area contributed by atoms with Gasteiger partial charge in [-0.3, -0.25) is 20.4 Å². The highest BCUT2D eigenvalue weighted by Gasteiger charge is 2.15. The Kier molecular flexibility index (Phi) is 3.89. The highest BCUT2D eigenvalue weighted by Crippen LogP contribution is 2.30. The van der Waals surface area contributed by atoms with Crippen molar-refractivity contribution in [1.29, 1.82) is 0 Å². The molecule has 0 radical (unpaired) electrons. The van der Waals surface area contributed by atoms with Gasteiger partial charge in [0.1, 0.15) is 13.2 Å². The van der Waals surface area contributed by atoms with E-state index in [0.29, 0.717) is 30.3 Å². The summed E-state index contributed by atoms with van der Waals surface area (Å²) in [5.41, 5.74) is 5.10. The predicted octanol–water partition coefficient (Wildman–Crippen LogP) is 0.875.